The van der Waals surface area contributed by atoms with Crippen molar-refractivity contribution >= 4 is 79.0 Å². The lowest BCUT2D eigenvalue weighted by atomic mass is 9.86. The van der Waals surface area contributed by atoms with Gasteiger partial charge in [-0.1, -0.05) is 123 Å². The Morgan fingerprint density at radius 3 is 2.24 bits per heavy atom. The van der Waals surface area contributed by atoms with E-state index in [1.165, 1.54) is 49.4 Å². The van der Waals surface area contributed by atoms with Gasteiger partial charge in [-0.3, -0.25) is 0 Å². The number of hydrogen-bond donors (Lipinski definition) is 0. The first-order chi connectivity index (χ1) is 22.4. The molecule has 0 spiro atoms. The van der Waals surface area contributed by atoms with E-state index in [4.69, 9.17) is 34.8 Å². The molecule has 0 amide bonds. The minimum atomic E-state index is 0.156. The van der Waals surface area contributed by atoms with E-state index in [-0.39, 0.29) is 6.04 Å². The highest BCUT2D eigenvalue weighted by Gasteiger charge is 2.30. The lowest BCUT2D eigenvalue weighted by Gasteiger charge is -2.27. The summed E-state index contributed by atoms with van der Waals surface area (Å²) in [5.41, 5.74) is 6.27. The number of nitrogens with zero attached hydrogens (tertiary/aromatic N) is 2. The third-order valence-corrected chi connectivity index (χ3v) is 11.0. The Morgan fingerprint density at radius 1 is 0.761 bits per heavy atom. The molecule has 1 aliphatic heterocycles. The number of anilines is 1. The number of aromatic nitrogens is 1. The van der Waals surface area contributed by atoms with Crippen molar-refractivity contribution in [3.05, 3.63) is 116 Å². The van der Waals surface area contributed by atoms with Gasteiger partial charge in [0.25, 0.3) is 0 Å². The van der Waals surface area contributed by atoms with Crippen molar-refractivity contribution in [1.82, 2.24) is 4.57 Å². The van der Waals surface area contributed by atoms with Crippen LogP contribution in [0.15, 0.2) is 95.1 Å². The van der Waals surface area contributed by atoms with Crippen molar-refractivity contribution in [1.29, 1.82) is 0 Å². The van der Waals surface area contributed by atoms with Gasteiger partial charge in [0.05, 0.1) is 6.04 Å². The standard InChI is InChI=1S/C41H41Cl3N2/c1-4-6-22-45-35(31-12-8-10-29-33(42)16-20-37(45)39(29)31)18-14-27-24-26(3)25-28(41(27)44)15-19-36-32-13-9-11-30-34(43)17-21-38(40(30)32)46(36)23-7-5-2/h8-21,26,35H,4-7,22-25H2,1-3H3. The molecule has 0 radical (unpaired) electrons. The van der Waals surface area contributed by atoms with Crippen LogP contribution < -0.4 is 10.2 Å². The van der Waals surface area contributed by atoms with E-state index >= 15 is 0 Å². The smallest absolute Gasteiger partial charge is 0.0736 e. The average molecular weight is 668 g/mol. The fourth-order valence-electron chi connectivity index (χ4n) is 7.66. The fourth-order valence-corrected chi connectivity index (χ4v) is 8.38. The van der Waals surface area contributed by atoms with Crippen molar-refractivity contribution in [2.24, 2.45) is 5.92 Å². The molecule has 1 aliphatic carbocycles. The van der Waals surface area contributed by atoms with Crippen molar-refractivity contribution in [2.75, 3.05) is 11.4 Å². The second-order valence-electron chi connectivity index (χ2n) is 13.1. The Bertz CT molecular complexity index is 2100. The number of rotatable bonds is 9. The van der Waals surface area contributed by atoms with E-state index in [1.54, 1.807) is 0 Å². The molecule has 2 aliphatic rings. The van der Waals surface area contributed by atoms with E-state index in [0.717, 1.165) is 77.5 Å². The first-order valence-electron chi connectivity index (χ1n) is 16.9. The SMILES string of the molecule is CCCCN1c2ccc(Cl)c3cccc(c23)C1C=CC1=C(Cl)C(=CC=c2c3cccc4c(Cl)ccc(c43)n2CCCC)CC(C)C1. The van der Waals surface area contributed by atoms with E-state index in [2.05, 4.69) is 103 Å². The highest BCUT2D eigenvalue weighted by molar-refractivity contribution is 6.37. The van der Waals surface area contributed by atoms with Crippen LogP contribution >= 0.6 is 34.8 Å². The summed E-state index contributed by atoms with van der Waals surface area (Å²) in [6.07, 6.45) is 15.7. The molecule has 2 heterocycles. The molecule has 2 atom stereocenters. The molecule has 7 rings (SSSR count). The number of unbranched alkanes of at least 4 members (excludes halogenated alkanes) is 2. The molecule has 2 nitrogen and oxygen atoms in total. The molecule has 5 heteroatoms. The Labute approximate surface area is 287 Å². The number of benzene rings is 4. The molecule has 0 saturated heterocycles. The van der Waals surface area contributed by atoms with Gasteiger partial charge in [-0.25, -0.2) is 0 Å². The van der Waals surface area contributed by atoms with Crippen LogP contribution in [0.5, 0.6) is 0 Å². The molecule has 5 aromatic rings. The van der Waals surface area contributed by atoms with Crippen molar-refractivity contribution in [3.63, 3.8) is 0 Å². The second kappa shape index (κ2) is 13.1. The van der Waals surface area contributed by atoms with E-state index in [9.17, 15) is 0 Å². The predicted molar refractivity (Wildman–Crippen MR) is 201 cm³/mol. The summed E-state index contributed by atoms with van der Waals surface area (Å²) in [6.45, 7) is 8.82. The number of aryl methyl sites for hydroxylation is 1. The summed E-state index contributed by atoms with van der Waals surface area (Å²) >= 11 is 20.6. The van der Waals surface area contributed by atoms with Crippen molar-refractivity contribution in [3.8, 4) is 0 Å². The van der Waals surface area contributed by atoms with Crippen molar-refractivity contribution < 1.29 is 0 Å². The first kappa shape index (κ1) is 31.4. The first-order valence-corrected chi connectivity index (χ1v) is 18.0. The van der Waals surface area contributed by atoms with Gasteiger partial charge in [-0.15, -0.1) is 0 Å². The van der Waals surface area contributed by atoms with Gasteiger partial charge in [-0.2, -0.15) is 0 Å². The minimum absolute atomic E-state index is 0.156. The molecule has 1 aromatic heterocycles. The maximum Gasteiger partial charge on any atom is 0.0736 e. The molecule has 236 valence electrons. The van der Waals surface area contributed by atoms with Crippen molar-refractivity contribution in [2.45, 2.75) is 71.9 Å². The maximum absolute atomic E-state index is 7.28. The zero-order valence-corrected chi connectivity index (χ0v) is 29.2. The van der Waals surface area contributed by atoms with Gasteiger partial charge in [-0.05, 0) is 78.7 Å². The molecule has 2 unspecified atom stereocenters. The zero-order valence-electron chi connectivity index (χ0n) is 26.9. The summed E-state index contributed by atoms with van der Waals surface area (Å²) in [6, 6.07) is 21.6. The van der Waals surface area contributed by atoms with Gasteiger partial charge in [0.1, 0.15) is 0 Å². The summed E-state index contributed by atoms with van der Waals surface area (Å²) in [4.78, 5) is 2.55. The summed E-state index contributed by atoms with van der Waals surface area (Å²) < 4.78 is 2.47. The van der Waals surface area contributed by atoms with Crippen LogP contribution in [0.2, 0.25) is 10.0 Å². The molecule has 0 bridgehead atoms. The average Bonchev–Trinajstić information content (AvgIpc) is 3.54. The van der Waals surface area contributed by atoms with Gasteiger partial charge in [0, 0.05) is 71.7 Å². The Kier molecular flexibility index (Phi) is 8.98. The van der Waals surface area contributed by atoms with Crippen LogP contribution in [0.1, 0.15) is 70.9 Å². The molecule has 4 aromatic carbocycles. The Hall–Kier alpha value is -3.17. The highest BCUT2D eigenvalue weighted by atomic mass is 35.5. The predicted octanol–water partition coefficient (Wildman–Crippen LogP) is 12.3. The second-order valence-corrected chi connectivity index (χ2v) is 14.3. The molecule has 0 fully saturated rings. The zero-order chi connectivity index (χ0) is 31.9. The monoisotopic (exact) mass is 666 g/mol. The summed E-state index contributed by atoms with van der Waals surface area (Å²) in [5.74, 6) is 0.505. The quantitative estimate of drug-likeness (QED) is 0.152. The van der Waals surface area contributed by atoms with Gasteiger partial charge >= 0.3 is 0 Å². The normalized spacial score (nSPS) is 19.8. The molecule has 46 heavy (non-hydrogen) atoms. The Morgan fingerprint density at radius 2 is 1.46 bits per heavy atom. The number of hydrogen-bond acceptors (Lipinski definition) is 1. The fraction of sp³-hybridized carbons (Fsp3) is 0.317. The Balaban J connectivity index is 1.30. The lowest BCUT2D eigenvalue weighted by Crippen LogP contribution is -2.24. The summed E-state index contributed by atoms with van der Waals surface area (Å²) in [7, 11) is 0. The third-order valence-electron chi connectivity index (χ3n) is 9.90. The maximum atomic E-state index is 7.28. The van der Waals surface area contributed by atoms with Crippen LogP contribution in [-0.4, -0.2) is 11.1 Å². The minimum Gasteiger partial charge on any atom is -0.360 e. The lowest BCUT2D eigenvalue weighted by molar-refractivity contribution is 0.563. The third kappa shape index (κ3) is 5.47. The van der Waals surface area contributed by atoms with Crippen LogP contribution in [0, 0.1) is 5.92 Å². The van der Waals surface area contributed by atoms with E-state index in [1.807, 2.05) is 12.1 Å². The number of halogens is 3. The van der Waals surface area contributed by atoms with Crippen LogP contribution in [0.3, 0.4) is 0 Å². The topological polar surface area (TPSA) is 8.17 Å². The number of allylic oxidation sites excluding steroid dienone is 5. The van der Waals surface area contributed by atoms with Crippen LogP contribution in [-0.2, 0) is 6.54 Å². The van der Waals surface area contributed by atoms with Crippen LogP contribution in [0.4, 0.5) is 5.69 Å². The van der Waals surface area contributed by atoms with E-state index < -0.39 is 0 Å². The van der Waals surface area contributed by atoms with Gasteiger partial charge in [0.2, 0.25) is 0 Å². The largest absolute Gasteiger partial charge is 0.360 e. The van der Waals surface area contributed by atoms with E-state index in [0.29, 0.717) is 5.92 Å². The molecular formula is C41H41Cl3N2. The molecule has 0 N–H and O–H groups in total. The molecule has 0 saturated carbocycles. The van der Waals surface area contributed by atoms with Crippen LogP contribution in [0.25, 0.3) is 38.5 Å². The van der Waals surface area contributed by atoms with Gasteiger partial charge < -0.3 is 9.47 Å². The summed E-state index contributed by atoms with van der Waals surface area (Å²) in [5, 5.41) is 9.76. The van der Waals surface area contributed by atoms with Gasteiger partial charge in [0.15, 0.2) is 0 Å². The molecular weight excluding hydrogens is 627 g/mol. The highest BCUT2D eigenvalue weighted by Crippen LogP contribution is 2.47.